The number of hydrogen-bond donors (Lipinski definition) is 3. The van der Waals surface area contributed by atoms with Gasteiger partial charge in [-0.2, -0.15) is 5.10 Å². The van der Waals surface area contributed by atoms with Gasteiger partial charge in [0, 0.05) is 11.6 Å². The van der Waals surface area contributed by atoms with Crippen molar-refractivity contribution in [2.45, 2.75) is 37.8 Å². The van der Waals surface area contributed by atoms with Crippen molar-refractivity contribution in [3.8, 4) is 17.0 Å². The van der Waals surface area contributed by atoms with E-state index in [0.29, 0.717) is 29.7 Å². The number of hydrogen-bond acceptors (Lipinski definition) is 6. The number of amides is 1. The lowest BCUT2D eigenvalue weighted by Crippen LogP contribution is -2.38. The molecule has 0 radical (unpaired) electrons. The van der Waals surface area contributed by atoms with E-state index >= 15 is 0 Å². The van der Waals surface area contributed by atoms with Crippen molar-refractivity contribution in [3.05, 3.63) is 42.2 Å². The van der Waals surface area contributed by atoms with Crippen molar-refractivity contribution >= 4 is 17.2 Å². The monoisotopic (exact) mass is 381 g/mol. The van der Waals surface area contributed by atoms with Gasteiger partial charge in [-0.25, -0.2) is 9.50 Å². The number of nitrogen functional groups attached to an aromatic ring is 1. The van der Waals surface area contributed by atoms with Crippen molar-refractivity contribution in [1.29, 1.82) is 0 Å². The molecule has 4 rings (SSSR count). The molecule has 0 spiro atoms. The minimum Gasteiger partial charge on any atom is -0.497 e. The fraction of sp³-hybridized carbons (Fsp3) is 0.350. The third-order valence-electron chi connectivity index (χ3n) is 5.22. The SMILES string of the molecule is COc1cccc(-c2cc(C(=O)NC3CCC(O)CC3)c3c(N)ncnn23)c1. The molecule has 0 saturated heterocycles. The number of aliphatic hydroxyl groups is 1. The van der Waals surface area contributed by atoms with E-state index in [1.165, 1.54) is 6.33 Å². The standard InChI is InChI=1S/C20H23N5O3/c1-28-15-4-2-3-12(9-15)17-10-16(18-19(21)22-11-23-25(17)18)20(27)24-13-5-7-14(26)8-6-13/h2-4,9-11,13-14,26H,5-8H2,1H3,(H,24,27)(H2,21,22,23). The number of fused-ring (bicyclic) bond motifs is 1. The highest BCUT2D eigenvalue weighted by atomic mass is 16.5. The average Bonchev–Trinajstić information content (AvgIpc) is 3.11. The predicted octanol–water partition coefficient (Wildman–Crippen LogP) is 2.02. The third-order valence-corrected chi connectivity index (χ3v) is 5.22. The second-order valence-corrected chi connectivity index (χ2v) is 7.06. The highest BCUT2D eigenvalue weighted by Gasteiger charge is 2.25. The Labute approximate surface area is 162 Å². The zero-order chi connectivity index (χ0) is 19.7. The maximum atomic E-state index is 13.0. The molecule has 146 valence electrons. The summed E-state index contributed by atoms with van der Waals surface area (Å²) in [5.74, 6) is 0.740. The van der Waals surface area contributed by atoms with E-state index in [4.69, 9.17) is 10.5 Å². The van der Waals surface area contributed by atoms with Gasteiger partial charge in [0.25, 0.3) is 5.91 Å². The van der Waals surface area contributed by atoms with Crippen molar-refractivity contribution in [3.63, 3.8) is 0 Å². The normalized spacial score (nSPS) is 19.5. The smallest absolute Gasteiger partial charge is 0.253 e. The van der Waals surface area contributed by atoms with Crippen LogP contribution in [-0.4, -0.2) is 44.9 Å². The van der Waals surface area contributed by atoms with Crippen LogP contribution in [0.4, 0.5) is 5.82 Å². The number of aromatic nitrogens is 3. The molecular formula is C20H23N5O3. The second-order valence-electron chi connectivity index (χ2n) is 7.06. The summed E-state index contributed by atoms with van der Waals surface area (Å²) in [5.41, 5.74) is 8.58. The topological polar surface area (TPSA) is 115 Å². The number of nitrogens with two attached hydrogens (primary N) is 1. The number of ether oxygens (including phenoxy) is 1. The Bertz CT molecular complexity index is 1010. The molecule has 28 heavy (non-hydrogen) atoms. The Hall–Kier alpha value is -3.13. The summed E-state index contributed by atoms with van der Waals surface area (Å²) in [4.78, 5) is 17.1. The van der Waals surface area contributed by atoms with E-state index in [1.54, 1.807) is 17.7 Å². The maximum Gasteiger partial charge on any atom is 0.253 e. The fourth-order valence-corrected chi connectivity index (χ4v) is 3.71. The van der Waals surface area contributed by atoms with Crippen molar-refractivity contribution < 1.29 is 14.6 Å². The molecule has 0 unspecified atom stereocenters. The van der Waals surface area contributed by atoms with Crippen LogP contribution >= 0.6 is 0 Å². The Balaban J connectivity index is 1.73. The summed E-state index contributed by atoms with van der Waals surface area (Å²) >= 11 is 0. The van der Waals surface area contributed by atoms with Crippen LogP contribution < -0.4 is 15.8 Å². The minimum absolute atomic E-state index is 0.0389. The lowest BCUT2D eigenvalue weighted by Gasteiger charge is -2.26. The summed E-state index contributed by atoms with van der Waals surface area (Å²) < 4.78 is 6.94. The summed E-state index contributed by atoms with van der Waals surface area (Å²) in [6.07, 6.45) is 4.01. The Morgan fingerprint density at radius 2 is 2.07 bits per heavy atom. The van der Waals surface area contributed by atoms with Crippen LogP contribution in [0.15, 0.2) is 36.7 Å². The highest BCUT2D eigenvalue weighted by Crippen LogP contribution is 2.30. The zero-order valence-electron chi connectivity index (χ0n) is 15.6. The molecule has 1 aliphatic rings. The third kappa shape index (κ3) is 3.38. The van der Waals surface area contributed by atoms with E-state index in [1.807, 2.05) is 24.3 Å². The van der Waals surface area contributed by atoms with E-state index < -0.39 is 0 Å². The zero-order valence-corrected chi connectivity index (χ0v) is 15.6. The molecule has 1 amide bonds. The maximum absolute atomic E-state index is 13.0. The lowest BCUT2D eigenvalue weighted by molar-refractivity contribution is 0.0869. The first-order chi connectivity index (χ1) is 13.6. The van der Waals surface area contributed by atoms with Crippen LogP contribution in [0.25, 0.3) is 16.8 Å². The highest BCUT2D eigenvalue weighted by molar-refractivity contribution is 6.05. The molecule has 3 aromatic rings. The van der Waals surface area contributed by atoms with Gasteiger partial charge < -0.3 is 20.9 Å². The largest absolute Gasteiger partial charge is 0.497 e. The van der Waals surface area contributed by atoms with E-state index in [-0.39, 0.29) is 23.9 Å². The number of methoxy groups -OCH3 is 1. The Morgan fingerprint density at radius 3 is 2.82 bits per heavy atom. The number of aliphatic hydroxyl groups excluding tert-OH is 1. The molecule has 4 N–H and O–H groups in total. The Kier molecular flexibility index (Phi) is 4.87. The van der Waals surface area contributed by atoms with Gasteiger partial charge in [0.05, 0.1) is 24.5 Å². The van der Waals surface area contributed by atoms with Crippen LogP contribution in [0, 0.1) is 0 Å². The minimum atomic E-state index is -0.271. The van der Waals surface area contributed by atoms with Crippen LogP contribution in [-0.2, 0) is 0 Å². The molecule has 0 atom stereocenters. The van der Waals surface area contributed by atoms with Crippen LogP contribution in [0.3, 0.4) is 0 Å². The molecule has 1 fully saturated rings. The van der Waals surface area contributed by atoms with Gasteiger partial charge in [0.2, 0.25) is 0 Å². The summed E-state index contributed by atoms with van der Waals surface area (Å²) in [7, 11) is 1.61. The fourth-order valence-electron chi connectivity index (χ4n) is 3.71. The van der Waals surface area contributed by atoms with Crippen molar-refractivity contribution in [1.82, 2.24) is 19.9 Å². The van der Waals surface area contributed by atoms with Gasteiger partial charge in [-0.15, -0.1) is 0 Å². The van der Waals surface area contributed by atoms with Gasteiger partial charge >= 0.3 is 0 Å². The van der Waals surface area contributed by atoms with E-state index in [0.717, 1.165) is 24.1 Å². The van der Waals surface area contributed by atoms with Crippen molar-refractivity contribution in [2.24, 2.45) is 0 Å². The first-order valence-electron chi connectivity index (χ1n) is 9.32. The van der Waals surface area contributed by atoms with Crippen LogP contribution in [0.1, 0.15) is 36.0 Å². The van der Waals surface area contributed by atoms with E-state index in [9.17, 15) is 9.90 Å². The molecule has 2 heterocycles. The molecular weight excluding hydrogens is 358 g/mol. The number of anilines is 1. The van der Waals surface area contributed by atoms with Gasteiger partial charge in [-0.3, -0.25) is 4.79 Å². The number of rotatable bonds is 4. The lowest BCUT2D eigenvalue weighted by atomic mass is 9.93. The van der Waals surface area contributed by atoms with Crippen LogP contribution in [0.5, 0.6) is 5.75 Å². The number of benzene rings is 1. The quantitative estimate of drug-likeness (QED) is 0.637. The molecule has 1 saturated carbocycles. The van der Waals surface area contributed by atoms with Crippen LogP contribution in [0.2, 0.25) is 0 Å². The first-order valence-corrected chi connectivity index (χ1v) is 9.32. The molecule has 1 aromatic carbocycles. The number of nitrogens with one attached hydrogen (secondary N) is 1. The second kappa shape index (κ2) is 7.47. The number of carbonyl (C=O) groups is 1. The molecule has 0 bridgehead atoms. The summed E-state index contributed by atoms with van der Waals surface area (Å²) in [5, 5.41) is 17.0. The molecule has 0 aliphatic heterocycles. The van der Waals surface area contributed by atoms with Gasteiger partial charge in [0.1, 0.15) is 17.6 Å². The summed E-state index contributed by atoms with van der Waals surface area (Å²) in [6, 6.07) is 9.36. The molecule has 2 aromatic heterocycles. The van der Waals surface area contributed by atoms with E-state index in [2.05, 4.69) is 15.4 Å². The molecule has 8 heteroatoms. The number of nitrogens with zero attached hydrogens (tertiary/aromatic N) is 3. The van der Waals surface area contributed by atoms with Crippen molar-refractivity contribution in [2.75, 3.05) is 12.8 Å². The average molecular weight is 381 g/mol. The summed E-state index contributed by atoms with van der Waals surface area (Å²) in [6.45, 7) is 0. The Morgan fingerprint density at radius 1 is 1.29 bits per heavy atom. The first kappa shape index (κ1) is 18.2. The van der Waals surface area contributed by atoms with Gasteiger partial charge in [-0.05, 0) is 43.9 Å². The number of carbonyl (C=O) groups excluding carboxylic acids is 1. The molecule has 8 nitrogen and oxygen atoms in total. The molecule has 1 aliphatic carbocycles. The van der Waals surface area contributed by atoms with Gasteiger partial charge in [-0.1, -0.05) is 12.1 Å². The predicted molar refractivity (Wildman–Crippen MR) is 105 cm³/mol. The van der Waals surface area contributed by atoms with Gasteiger partial charge in [0.15, 0.2) is 5.82 Å².